The first-order valence-electron chi connectivity index (χ1n) is 11.5. The molecular formula is C26H26N4O6S. The van der Waals surface area contributed by atoms with E-state index in [1.807, 2.05) is 24.3 Å². The van der Waals surface area contributed by atoms with E-state index in [0.29, 0.717) is 37.4 Å². The van der Waals surface area contributed by atoms with Crippen molar-refractivity contribution >= 4 is 39.1 Å². The quantitative estimate of drug-likeness (QED) is 0.271. The van der Waals surface area contributed by atoms with Gasteiger partial charge in [0.25, 0.3) is 5.69 Å². The van der Waals surface area contributed by atoms with Gasteiger partial charge in [0.1, 0.15) is 5.75 Å². The minimum Gasteiger partial charge on any atom is -0.495 e. The van der Waals surface area contributed by atoms with E-state index in [0.717, 1.165) is 11.4 Å². The summed E-state index contributed by atoms with van der Waals surface area (Å²) in [6, 6.07) is 19.5. The second kappa shape index (κ2) is 11.2. The SMILES string of the molecule is COc1ccccc1N1CCN(S(=O)(=O)c2ccc(NC(=O)/C=C/c3ccc([N+](=O)[O-])cc3)cc2)CC1. The highest BCUT2D eigenvalue weighted by molar-refractivity contribution is 7.89. The number of sulfonamides is 1. The minimum atomic E-state index is -3.68. The Morgan fingerprint density at radius 3 is 2.24 bits per heavy atom. The van der Waals surface area contributed by atoms with E-state index in [9.17, 15) is 23.3 Å². The van der Waals surface area contributed by atoms with Crippen LogP contribution in [0.4, 0.5) is 17.1 Å². The summed E-state index contributed by atoms with van der Waals surface area (Å²) >= 11 is 0. The molecule has 0 radical (unpaired) electrons. The van der Waals surface area contributed by atoms with Crippen LogP contribution in [0.25, 0.3) is 6.08 Å². The van der Waals surface area contributed by atoms with Gasteiger partial charge in [0.05, 0.1) is 22.6 Å². The number of carbonyl (C=O) groups excluding carboxylic acids is 1. The number of ether oxygens (including phenoxy) is 1. The van der Waals surface area contributed by atoms with Gasteiger partial charge in [-0.25, -0.2) is 8.42 Å². The Morgan fingerprint density at radius 2 is 1.62 bits per heavy atom. The molecule has 1 saturated heterocycles. The largest absolute Gasteiger partial charge is 0.495 e. The summed E-state index contributed by atoms with van der Waals surface area (Å²) in [5, 5.41) is 13.4. The molecule has 0 aliphatic carbocycles. The first-order valence-corrected chi connectivity index (χ1v) is 12.9. The van der Waals surface area contributed by atoms with E-state index in [4.69, 9.17) is 4.74 Å². The molecule has 10 nitrogen and oxygen atoms in total. The van der Waals surface area contributed by atoms with Crippen LogP contribution in [0.15, 0.2) is 83.8 Å². The fraction of sp³-hybridized carbons (Fsp3) is 0.192. The summed E-state index contributed by atoms with van der Waals surface area (Å²) in [5.41, 5.74) is 1.98. The number of nitrogens with zero attached hydrogens (tertiary/aromatic N) is 3. The van der Waals surface area contributed by atoms with Crippen molar-refractivity contribution in [2.24, 2.45) is 0 Å². The lowest BCUT2D eigenvalue weighted by molar-refractivity contribution is -0.384. The molecule has 0 spiro atoms. The Labute approximate surface area is 215 Å². The molecule has 1 fully saturated rings. The van der Waals surface area contributed by atoms with Crippen molar-refractivity contribution in [3.8, 4) is 5.75 Å². The fourth-order valence-corrected chi connectivity index (χ4v) is 5.40. The smallest absolute Gasteiger partial charge is 0.269 e. The predicted molar refractivity (Wildman–Crippen MR) is 141 cm³/mol. The monoisotopic (exact) mass is 522 g/mol. The lowest BCUT2D eigenvalue weighted by Crippen LogP contribution is -2.48. The molecule has 0 atom stereocenters. The standard InChI is InChI=1S/C26H26N4O6S/c1-36-25-5-3-2-4-24(25)28-16-18-29(19-17-28)37(34,35)23-13-9-21(10-14-23)27-26(31)15-8-20-6-11-22(12-7-20)30(32)33/h2-15H,16-19H2,1H3,(H,27,31)/b15-8+. The summed E-state index contributed by atoms with van der Waals surface area (Å²) in [4.78, 5) is 24.7. The van der Waals surface area contributed by atoms with Gasteiger partial charge in [-0.3, -0.25) is 14.9 Å². The molecular weight excluding hydrogens is 496 g/mol. The topological polar surface area (TPSA) is 122 Å². The van der Waals surface area contributed by atoms with Gasteiger partial charge in [0, 0.05) is 50.1 Å². The average molecular weight is 523 g/mol. The zero-order valence-corrected chi connectivity index (χ0v) is 20.9. The normalized spacial score (nSPS) is 14.5. The van der Waals surface area contributed by atoms with Gasteiger partial charge in [-0.05, 0) is 60.2 Å². The third-order valence-electron chi connectivity index (χ3n) is 5.96. The Kier molecular flexibility index (Phi) is 7.85. The number of nitrogens with one attached hydrogen (secondary N) is 1. The summed E-state index contributed by atoms with van der Waals surface area (Å²) in [7, 11) is -2.07. The molecule has 0 aromatic heterocycles. The number of amides is 1. The first-order chi connectivity index (χ1) is 17.8. The number of hydrogen-bond acceptors (Lipinski definition) is 7. The number of non-ortho nitro benzene ring substituents is 1. The van der Waals surface area contributed by atoms with Gasteiger partial charge in [-0.15, -0.1) is 0 Å². The third-order valence-corrected chi connectivity index (χ3v) is 7.87. The molecule has 3 aromatic carbocycles. The second-order valence-electron chi connectivity index (χ2n) is 8.26. The summed E-state index contributed by atoms with van der Waals surface area (Å²) in [6.45, 7) is 1.75. The van der Waals surface area contributed by atoms with Crippen molar-refractivity contribution in [1.29, 1.82) is 0 Å². The van der Waals surface area contributed by atoms with Crippen molar-refractivity contribution < 1.29 is 22.9 Å². The van der Waals surface area contributed by atoms with Crippen LogP contribution in [0.2, 0.25) is 0 Å². The van der Waals surface area contributed by atoms with Crippen molar-refractivity contribution in [2.45, 2.75) is 4.90 Å². The number of nitro benzene ring substituents is 1. The number of rotatable bonds is 8. The van der Waals surface area contributed by atoms with Gasteiger partial charge in [0.15, 0.2) is 0 Å². The van der Waals surface area contributed by atoms with Crippen LogP contribution in [0.5, 0.6) is 5.75 Å². The number of para-hydroxylation sites is 2. The lowest BCUT2D eigenvalue weighted by atomic mass is 10.2. The number of hydrogen-bond donors (Lipinski definition) is 1. The second-order valence-corrected chi connectivity index (χ2v) is 10.2. The maximum atomic E-state index is 13.2. The molecule has 0 unspecified atom stereocenters. The van der Waals surface area contributed by atoms with Gasteiger partial charge >= 0.3 is 0 Å². The predicted octanol–water partition coefficient (Wildman–Crippen LogP) is 3.77. The number of anilines is 2. The van der Waals surface area contributed by atoms with E-state index in [1.165, 1.54) is 65.0 Å². The molecule has 1 aliphatic heterocycles. The van der Waals surface area contributed by atoms with Crippen molar-refractivity contribution in [2.75, 3.05) is 43.5 Å². The van der Waals surface area contributed by atoms with Gasteiger partial charge in [-0.1, -0.05) is 12.1 Å². The average Bonchev–Trinajstić information content (AvgIpc) is 2.92. The number of nitro groups is 1. The number of piperazine rings is 1. The highest BCUT2D eigenvalue weighted by Gasteiger charge is 2.29. The Bertz CT molecular complexity index is 1400. The van der Waals surface area contributed by atoms with Crippen LogP contribution in [0.1, 0.15) is 5.56 Å². The van der Waals surface area contributed by atoms with Crippen LogP contribution >= 0.6 is 0 Å². The van der Waals surface area contributed by atoms with Gasteiger partial charge < -0.3 is 15.0 Å². The number of methoxy groups -OCH3 is 1. The third kappa shape index (κ3) is 6.13. The lowest BCUT2D eigenvalue weighted by Gasteiger charge is -2.35. The fourth-order valence-electron chi connectivity index (χ4n) is 3.98. The van der Waals surface area contributed by atoms with E-state index < -0.39 is 20.9 Å². The van der Waals surface area contributed by atoms with E-state index in [2.05, 4.69) is 10.2 Å². The highest BCUT2D eigenvalue weighted by Crippen LogP contribution is 2.29. The zero-order valence-electron chi connectivity index (χ0n) is 20.1. The zero-order chi connectivity index (χ0) is 26.4. The van der Waals surface area contributed by atoms with Crippen molar-refractivity contribution in [3.63, 3.8) is 0 Å². The first kappa shape index (κ1) is 25.9. The molecule has 1 N–H and O–H groups in total. The molecule has 192 valence electrons. The Hall–Kier alpha value is -4.22. The summed E-state index contributed by atoms with van der Waals surface area (Å²) < 4.78 is 33.2. The van der Waals surface area contributed by atoms with Crippen molar-refractivity contribution in [1.82, 2.24) is 4.31 Å². The molecule has 0 saturated carbocycles. The Morgan fingerprint density at radius 1 is 0.973 bits per heavy atom. The van der Waals surface area contributed by atoms with E-state index >= 15 is 0 Å². The van der Waals surface area contributed by atoms with Crippen LogP contribution in [0, 0.1) is 10.1 Å². The molecule has 1 heterocycles. The molecule has 4 rings (SSSR count). The van der Waals surface area contributed by atoms with Crippen LogP contribution < -0.4 is 15.0 Å². The summed E-state index contributed by atoms with van der Waals surface area (Å²) in [5.74, 6) is 0.334. The molecule has 37 heavy (non-hydrogen) atoms. The highest BCUT2D eigenvalue weighted by atomic mass is 32.2. The van der Waals surface area contributed by atoms with Crippen LogP contribution in [0.3, 0.4) is 0 Å². The molecule has 3 aromatic rings. The Balaban J connectivity index is 1.34. The molecule has 1 aliphatic rings. The van der Waals surface area contributed by atoms with Crippen molar-refractivity contribution in [3.05, 3.63) is 94.6 Å². The minimum absolute atomic E-state index is 0.0325. The van der Waals surface area contributed by atoms with Gasteiger partial charge in [0.2, 0.25) is 15.9 Å². The van der Waals surface area contributed by atoms with E-state index in [1.54, 1.807) is 7.11 Å². The number of benzene rings is 3. The van der Waals surface area contributed by atoms with Crippen LogP contribution in [-0.4, -0.2) is 56.8 Å². The maximum Gasteiger partial charge on any atom is 0.269 e. The maximum absolute atomic E-state index is 13.2. The number of carbonyl (C=O) groups is 1. The molecule has 1 amide bonds. The van der Waals surface area contributed by atoms with Crippen LogP contribution in [-0.2, 0) is 14.8 Å². The molecule has 11 heteroatoms. The van der Waals surface area contributed by atoms with E-state index in [-0.39, 0.29) is 10.6 Å². The summed E-state index contributed by atoms with van der Waals surface area (Å²) in [6.07, 6.45) is 2.83. The van der Waals surface area contributed by atoms with Gasteiger partial charge in [-0.2, -0.15) is 4.31 Å². The molecule has 0 bridgehead atoms.